The van der Waals surface area contributed by atoms with Gasteiger partial charge in [0.15, 0.2) is 0 Å². The summed E-state index contributed by atoms with van der Waals surface area (Å²) in [6.07, 6.45) is 1.78. The molecule has 6 nitrogen and oxygen atoms in total. The maximum Gasteiger partial charge on any atom is 0.149 e. The lowest BCUT2D eigenvalue weighted by Gasteiger charge is -2.13. The van der Waals surface area contributed by atoms with Crippen molar-refractivity contribution >= 4 is 22.5 Å². The molecular weight excluding hydrogens is 386 g/mol. The first-order chi connectivity index (χ1) is 14.5. The third-order valence-corrected chi connectivity index (χ3v) is 4.63. The maximum absolute atomic E-state index is 13.8. The van der Waals surface area contributed by atoms with E-state index in [4.69, 9.17) is 5.73 Å². The summed E-state index contributed by atoms with van der Waals surface area (Å²) >= 11 is 0. The van der Waals surface area contributed by atoms with Gasteiger partial charge in [-0.1, -0.05) is 12.1 Å². The Bertz CT molecular complexity index is 1280. The van der Waals surface area contributed by atoms with Gasteiger partial charge in [0, 0.05) is 23.6 Å². The second-order valence-electron chi connectivity index (χ2n) is 6.61. The van der Waals surface area contributed by atoms with Crippen molar-refractivity contribution in [1.82, 2.24) is 15.0 Å². The maximum atomic E-state index is 13.8. The molecule has 0 bridgehead atoms. The van der Waals surface area contributed by atoms with Gasteiger partial charge in [0.25, 0.3) is 0 Å². The molecule has 4 aromatic rings. The number of nitrogens with one attached hydrogen (secondary N) is 1. The van der Waals surface area contributed by atoms with E-state index < -0.39 is 0 Å². The molecule has 0 radical (unpaired) electrons. The summed E-state index contributed by atoms with van der Waals surface area (Å²) in [6, 6.07) is 14.4. The first-order valence-corrected chi connectivity index (χ1v) is 9.14. The van der Waals surface area contributed by atoms with Gasteiger partial charge in [-0.25, -0.2) is 23.7 Å². The largest absolute Gasteiger partial charge is 0.382 e. The lowest BCUT2D eigenvalue weighted by Crippen LogP contribution is -2.11. The van der Waals surface area contributed by atoms with E-state index >= 15 is 0 Å². The molecule has 0 saturated carbocycles. The highest BCUT2D eigenvalue weighted by Crippen LogP contribution is 2.27. The van der Waals surface area contributed by atoms with Gasteiger partial charge < -0.3 is 11.1 Å². The van der Waals surface area contributed by atoms with E-state index in [1.165, 1.54) is 30.6 Å². The SMILES string of the molecule is N#Cc1c(N)ncnc1NCCc1cc2ccc(F)cc2nc1-c1cccc(F)c1. The van der Waals surface area contributed by atoms with Crippen LogP contribution in [0.15, 0.2) is 54.9 Å². The Labute approximate surface area is 171 Å². The third-order valence-electron chi connectivity index (χ3n) is 4.63. The highest BCUT2D eigenvalue weighted by atomic mass is 19.1. The van der Waals surface area contributed by atoms with Crippen LogP contribution in [0.2, 0.25) is 0 Å². The molecule has 2 aromatic carbocycles. The van der Waals surface area contributed by atoms with Gasteiger partial charge >= 0.3 is 0 Å². The van der Waals surface area contributed by atoms with E-state index in [-0.39, 0.29) is 23.0 Å². The Morgan fingerprint density at radius 1 is 1.03 bits per heavy atom. The van der Waals surface area contributed by atoms with Crippen molar-refractivity contribution in [2.45, 2.75) is 6.42 Å². The molecule has 0 unspecified atom stereocenters. The van der Waals surface area contributed by atoms with Crippen molar-refractivity contribution in [2.75, 3.05) is 17.6 Å². The minimum atomic E-state index is -0.389. The number of halogens is 2. The zero-order valence-corrected chi connectivity index (χ0v) is 15.7. The second-order valence-corrected chi connectivity index (χ2v) is 6.61. The fourth-order valence-electron chi connectivity index (χ4n) is 3.22. The van der Waals surface area contributed by atoms with E-state index in [1.807, 2.05) is 12.1 Å². The van der Waals surface area contributed by atoms with Crippen molar-refractivity contribution in [3.8, 4) is 17.3 Å². The van der Waals surface area contributed by atoms with Gasteiger partial charge in [0.2, 0.25) is 0 Å². The Balaban J connectivity index is 1.69. The van der Waals surface area contributed by atoms with E-state index in [0.717, 1.165) is 10.9 Å². The molecule has 2 heterocycles. The number of anilines is 2. The summed E-state index contributed by atoms with van der Waals surface area (Å²) in [5.74, 6) is -0.328. The van der Waals surface area contributed by atoms with Crippen LogP contribution in [0.5, 0.6) is 0 Å². The van der Waals surface area contributed by atoms with Crippen molar-refractivity contribution < 1.29 is 8.78 Å². The van der Waals surface area contributed by atoms with Gasteiger partial charge in [-0.15, -0.1) is 0 Å². The Hall–Kier alpha value is -4.12. The molecule has 0 aliphatic rings. The predicted octanol–water partition coefficient (Wildman–Crippen LogP) is 4.08. The first kappa shape index (κ1) is 19.2. The summed E-state index contributed by atoms with van der Waals surface area (Å²) in [7, 11) is 0. The number of nitrogen functional groups attached to an aromatic ring is 1. The smallest absolute Gasteiger partial charge is 0.149 e. The van der Waals surface area contributed by atoms with Gasteiger partial charge in [0.1, 0.15) is 41.2 Å². The molecule has 0 aliphatic carbocycles. The van der Waals surface area contributed by atoms with Crippen molar-refractivity contribution in [3.05, 3.63) is 77.6 Å². The highest BCUT2D eigenvalue weighted by molar-refractivity contribution is 5.83. The molecule has 30 heavy (non-hydrogen) atoms. The van der Waals surface area contributed by atoms with Crippen molar-refractivity contribution in [3.63, 3.8) is 0 Å². The van der Waals surface area contributed by atoms with E-state index in [2.05, 4.69) is 20.3 Å². The van der Waals surface area contributed by atoms with Crippen LogP contribution >= 0.6 is 0 Å². The first-order valence-electron chi connectivity index (χ1n) is 9.14. The predicted molar refractivity (Wildman–Crippen MR) is 110 cm³/mol. The van der Waals surface area contributed by atoms with Crippen molar-refractivity contribution in [2.24, 2.45) is 0 Å². The van der Waals surface area contributed by atoms with Crippen LogP contribution in [0.25, 0.3) is 22.2 Å². The molecule has 0 aliphatic heterocycles. The number of nitrogens with two attached hydrogens (primary N) is 1. The number of benzene rings is 2. The average Bonchev–Trinajstić information content (AvgIpc) is 2.73. The number of aromatic nitrogens is 3. The lowest BCUT2D eigenvalue weighted by atomic mass is 10.0. The minimum absolute atomic E-state index is 0.102. The van der Waals surface area contributed by atoms with Crippen LogP contribution in [-0.4, -0.2) is 21.5 Å². The average molecular weight is 402 g/mol. The topological polar surface area (TPSA) is 101 Å². The normalized spacial score (nSPS) is 10.7. The standard InChI is InChI=1S/C22H16F2N6/c23-16-3-1-2-14(9-16)20-15(8-13-4-5-17(24)10-19(13)30-20)6-7-27-22-18(11-25)21(26)28-12-29-22/h1-5,8-10,12H,6-7H2,(H3,26,27,28,29). The molecule has 0 amide bonds. The number of nitrogens with zero attached hydrogens (tertiary/aromatic N) is 4. The zero-order valence-electron chi connectivity index (χ0n) is 15.7. The zero-order chi connectivity index (χ0) is 21.1. The molecule has 148 valence electrons. The summed E-state index contributed by atoms with van der Waals surface area (Å²) < 4.78 is 27.5. The number of rotatable bonds is 5. The molecule has 0 saturated heterocycles. The number of nitriles is 1. The number of pyridine rings is 1. The van der Waals surface area contributed by atoms with Crippen LogP contribution in [0.4, 0.5) is 20.4 Å². The van der Waals surface area contributed by atoms with Gasteiger partial charge in [-0.05, 0) is 42.3 Å². The fraction of sp³-hybridized carbons (Fsp3) is 0.0909. The Morgan fingerprint density at radius 3 is 2.67 bits per heavy atom. The molecule has 4 rings (SSSR count). The molecule has 2 aromatic heterocycles. The van der Waals surface area contributed by atoms with Crippen LogP contribution in [-0.2, 0) is 6.42 Å². The van der Waals surface area contributed by atoms with Crippen LogP contribution < -0.4 is 11.1 Å². The molecule has 0 fully saturated rings. The van der Waals surface area contributed by atoms with E-state index in [0.29, 0.717) is 35.6 Å². The lowest BCUT2D eigenvalue weighted by molar-refractivity contribution is 0.628. The second kappa shape index (κ2) is 8.09. The number of hydrogen-bond donors (Lipinski definition) is 2. The van der Waals surface area contributed by atoms with Gasteiger partial charge in [-0.3, -0.25) is 0 Å². The van der Waals surface area contributed by atoms with Crippen molar-refractivity contribution in [1.29, 1.82) is 5.26 Å². The minimum Gasteiger partial charge on any atom is -0.382 e. The number of hydrogen-bond acceptors (Lipinski definition) is 6. The van der Waals surface area contributed by atoms with Gasteiger partial charge in [-0.2, -0.15) is 5.26 Å². The summed E-state index contributed by atoms with van der Waals surface area (Å²) in [6.45, 7) is 0.418. The molecule has 3 N–H and O–H groups in total. The summed E-state index contributed by atoms with van der Waals surface area (Å²) in [5.41, 5.74) is 8.38. The highest BCUT2D eigenvalue weighted by Gasteiger charge is 2.12. The number of fused-ring (bicyclic) bond motifs is 1. The summed E-state index contributed by atoms with van der Waals surface area (Å²) in [4.78, 5) is 12.5. The fourth-order valence-corrected chi connectivity index (χ4v) is 3.22. The monoisotopic (exact) mass is 402 g/mol. The third kappa shape index (κ3) is 3.86. The van der Waals surface area contributed by atoms with Crippen LogP contribution in [0.1, 0.15) is 11.1 Å². The molecule has 0 spiro atoms. The van der Waals surface area contributed by atoms with Crippen LogP contribution in [0, 0.1) is 23.0 Å². The van der Waals surface area contributed by atoms with E-state index in [9.17, 15) is 14.0 Å². The molecular formula is C22H16F2N6. The van der Waals surface area contributed by atoms with Gasteiger partial charge in [0.05, 0.1) is 11.2 Å². The quantitative estimate of drug-likeness (QED) is 0.522. The van der Waals surface area contributed by atoms with E-state index in [1.54, 1.807) is 18.2 Å². The van der Waals surface area contributed by atoms with Crippen LogP contribution in [0.3, 0.4) is 0 Å². The summed E-state index contributed by atoms with van der Waals surface area (Å²) in [5, 5.41) is 13.1. The molecule has 0 atom stereocenters. The Kier molecular flexibility index (Phi) is 5.18. The molecule has 8 heteroatoms. The Morgan fingerprint density at radius 2 is 1.87 bits per heavy atom.